The van der Waals surface area contributed by atoms with Gasteiger partial charge in [-0.25, -0.2) is 9.78 Å². The lowest BCUT2D eigenvalue weighted by Crippen LogP contribution is -2.38. The fourth-order valence-corrected chi connectivity index (χ4v) is 3.51. The number of para-hydroxylation sites is 1. The van der Waals surface area contributed by atoms with Crippen LogP contribution in [0.3, 0.4) is 0 Å². The molecule has 1 aromatic carbocycles. The molecule has 6 nitrogen and oxygen atoms in total. The molecule has 1 aromatic heterocycles. The number of aromatic nitrogens is 1. The number of amides is 1. The molecule has 1 aliphatic heterocycles. The molecule has 0 unspecified atom stereocenters. The topological polar surface area (TPSA) is 71.5 Å². The lowest BCUT2D eigenvalue weighted by atomic mass is 10.1. The van der Waals surface area contributed by atoms with Gasteiger partial charge < -0.3 is 15.0 Å². The van der Waals surface area contributed by atoms with E-state index in [1.54, 1.807) is 16.4 Å². The molecule has 25 heavy (non-hydrogen) atoms. The molecule has 0 bridgehead atoms. The lowest BCUT2D eigenvalue weighted by molar-refractivity contribution is -0.122. The number of hydrogen-bond acceptors (Lipinski definition) is 6. The summed E-state index contributed by atoms with van der Waals surface area (Å²) >= 11 is 1.30. The first-order valence-electron chi connectivity index (χ1n) is 7.97. The van der Waals surface area contributed by atoms with Crippen molar-refractivity contribution in [2.45, 2.75) is 19.4 Å². The Balaban J connectivity index is 1.60. The first-order chi connectivity index (χ1) is 12.1. The Morgan fingerprint density at radius 3 is 3.08 bits per heavy atom. The minimum atomic E-state index is -0.601. The van der Waals surface area contributed by atoms with E-state index in [0.29, 0.717) is 11.7 Å². The molecular formula is C18H19N3O3S. The van der Waals surface area contributed by atoms with Crippen LogP contribution in [0.2, 0.25) is 0 Å². The van der Waals surface area contributed by atoms with Crippen molar-refractivity contribution in [3.05, 3.63) is 53.6 Å². The summed E-state index contributed by atoms with van der Waals surface area (Å²) in [6.45, 7) is 5.85. The van der Waals surface area contributed by atoms with Gasteiger partial charge in [0.25, 0.3) is 5.91 Å². The summed E-state index contributed by atoms with van der Waals surface area (Å²) in [6, 6.07) is 7.84. The molecule has 2 aromatic rings. The molecule has 1 N–H and O–H groups in total. The van der Waals surface area contributed by atoms with Gasteiger partial charge in [-0.2, -0.15) is 0 Å². The Bertz CT molecular complexity index is 802. The number of anilines is 2. The van der Waals surface area contributed by atoms with Gasteiger partial charge in [-0.05, 0) is 25.0 Å². The predicted octanol–water partition coefficient (Wildman–Crippen LogP) is 2.88. The van der Waals surface area contributed by atoms with E-state index in [4.69, 9.17) is 4.74 Å². The maximum Gasteiger partial charge on any atom is 0.358 e. The standard InChI is InChI=1S/C18H19N3O3S/c1-3-8-19-18-20-14(11-25-18)17(23)24-10-16(22)21-12(2)9-13-6-4-5-7-15(13)21/h3-7,11-12H,1,8-10H2,2H3,(H,19,20)/t12-/m0/s1. The lowest BCUT2D eigenvalue weighted by Gasteiger charge is -2.22. The normalized spacial score (nSPS) is 15.6. The number of esters is 1. The zero-order chi connectivity index (χ0) is 17.8. The van der Waals surface area contributed by atoms with Gasteiger partial charge in [0.05, 0.1) is 0 Å². The second kappa shape index (κ2) is 7.48. The molecule has 3 rings (SSSR count). The van der Waals surface area contributed by atoms with E-state index in [1.807, 2.05) is 31.2 Å². The molecule has 1 amide bonds. The van der Waals surface area contributed by atoms with Crippen LogP contribution < -0.4 is 10.2 Å². The third kappa shape index (κ3) is 3.71. The number of nitrogens with one attached hydrogen (secondary N) is 1. The van der Waals surface area contributed by atoms with E-state index in [1.165, 1.54) is 11.3 Å². The Kier molecular flexibility index (Phi) is 5.14. The zero-order valence-corrected chi connectivity index (χ0v) is 14.7. The molecule has 0 aliphatic carbocycles. The number of rotatable bonds is 6. The smallest absolute Gasteiger partial charge is 0.358 e. The first-order valence-corrected chi connectivity index (χ1v) is 8.85. The molecule has 1 aliphatic rings. The number of carbonyl (C=O) groups excluding carboxylic acids is 2. The van der Waals surface area contributed by atoms with Gasteiger partial charge in [0, 0.05) is 23.7 Å². The number of nitrogens with zero attached hydrogens (tertiary/aromatic N) is 2. The Hall–Kier alpha value is -2.67. The summed E-state index contributed by atoms with van der Waals surface area (Å²) in [4.78, 5) is 30.4. The summed E-state index contributed by atoms with van der Waals surface area (Å²) in [5.41, 5.74) is 2.21. The molecule has 130 valence electrons. The number of carbonyl (C=O) groups is 2. The van der Waals surface area contributed by atoms with E-state index < -0.39 is 5.97 Å². The third-order valence-electron chi connectivity index (χ3n) is 3.91. The quantitative estimate of drug-likeness (QED) is 0.636. The number of hydrogen-bond donors (Lipinski definition) is 1. The fourth-order valence-electron chi connectivity index (χ4n) is 2.82. The zero-order valence-electron chi connectivity index (χ0n) is 13.9. The fraction of sp³-hybridized carbons (Fsp3) is 0.278. The average Bonchev–Trinajstić information content (AvgIpc) is 3.21. The van der Waals surface area contributed by atoms with Gasteiger partial charge in [-0.1, -0.05) is 24.3 Å². The van der Waals surface area contributed by atoms with E-state index in [2.05, 4.69) is 16.9 Å². The molecular weight excluding hydrogens is 338 g/mol. The van der Waals surface area contributed by atoms with Crippen LogP contribution in [0, 0.1) is 0 Å². The van der Waals surface area contributed by atoms with Crippen LogP contribution in [-0.2, 0) is 16.0 Å². The van der Waals surface area contributed by atoms with Crippen molar-refractivity contribution in [2.24, 2.45) is 0 Å². The monoisotopic (exact) mass is 357 g/mol. The number of ether oxygens (including phenoxy) is 1. The second-order valence-electron chi connectivity index (χ2n) is 5.73. The van der Waals surface area contributed by atoms with Crippen molar-refractivity contribution in [3.8, 4) is 0 Å². The van der Waals surface area contributed by atoms with Crippen molar-refractivity contribution < 1.29 is 14.3 Å². The number of thiazole rings is 1. The van der Waals surface area contributed by atoms with Gasteiger partial charge in [0.15, 0.2) is 17.4 Å². The van der Waals surface area contributed by atoms with E-state index in [9.17, 15) is 9.59 Å². The Labute approximate surface area is 150 Å². The first kappa shape index (κ1) is 17.2. The molecule has 2 heterocycles. The highest BCUT2D eigenvalue weighted by molar-refractivity contribution is 7.13. The van der Waals surface area contributed by atoms with E-state index >= 15 is 0 Å². The molecule has 0 spiro atoms. The van der Waals surface area contributed by atoms with Crippen LogP contribution in [0.25, 0.3) is 0 Å². The van der Waals surface area contributed by atoms with Gasteiger partial charge in [-0.15, -0.1) is 17.9 Å². The summed E-state index contributed by atoms with van der Waals surface area (Å²) in [5.74, 6) is -0.831. The molecule has 1 atom stereocenters. The van der Waals surface area contributed by atoms with Crippen LogP contribution in [-0.4, -0.2) is 36.1 Å². The SMILES string of the molecule is C=CCNc1nc(C(=O)OCC(=O)N2c3ccccc3C[C@@H]2C)cs1. The molecule has 0 radical (unpaired) electrons. The maximum atomic E-state index is 12.5. The minimum Gasteiger partial charge on any atom is -0.451 e. The summed E-state index contributed by atoms with van der Waals surface area (Å²) in [6.07, 6.45) is 2.51. The van der Waals surface area contributed by atoms with Crippen LogP contribution >= 0.6 is 11.3 Å². The van der Waals surface area contributed by atoms with Crippen molar-refractivity contribution in [3.63, 3.8) is 0 Å². The molecule has 7 heteroatoms. The van der Waals surface area contributed by atoms with Crippen molar-refractivity contribution in [1.82, 2.24) is 4.98 Å². The molecule has 0 saturated heterocycles. The number of benzene rings is 1. The van der Waals surface area contributed by atoms with Crippen molar-refractivity contribution in [1.29, 1.82) is 0 Å². The van der Waals surface area contributed by atoms with Crippen molar-refractivity contribution in [2.75, 3.05) is 23.4 Å². The predicted molar refractivity (Wildman–Crippen MR) is 98.2 cm³/mol. The van der Waals surface area contributed by atoms with Crippen LogP contribution in [0.5, 0.6) is 0 Å². The molecule has 0 fully saturated rings. The van der Waals surface area contributed by atoms with Crippen LogP contribution in [0.1, 0.15) is 23.0 Å². The van der Waals surface area contributed by atoms with E-state index in [-0.39, 0.29) is 24.2 Å². The van der Waals surface area contributed by atoms with Crippen LogP contribution in [0.15, 0.2) is 42.3 Å². The molecule has 0 saturated carbocycles. The van der Waals surface area contributed by atoms with Gasteiger partial charge in [0.2, 0.25) is 0 Å². The van der Waals surface area contributed by atoms with Gasteiger partial charge in [0.1, 0.15) is 0 Å². The minimum absolute atomic E-state index is 0.0533. The van der Waals surface area contributed by atoms with Gasteiger partial charge in [-0.3, -0.25) is 4.79 Å². The third-order valence-corrected chi connectivity index (χ3v) is 4.71. The highest BCUT2D eigenvalue weighted by Gasteiger charge is 2.31. The van der Waals surface area contributed by atoms with Crippen LogP contribution in [0.4, 0.5) is 10.8 Å². The number of fused-ring (bicyclic) bond motifs is 1. The maximum absolute atomic E-state index is 12.5. The average molecular weight is 357 g/mol. The largest absolute Gasteiger partial charge is 0.451 e. The summed E-state index contributed by atoms with van der Waals surface area (Å²) < 4.78 is 5.15. The Morgan fingerprint density at radius 1 is 1.48 bits per heavy atom. The summed E-state index contributed by atoms with van der Waals surface area (Å²) in [5, 5.41) is 5.22. The van der Waals surface area contributed by atoms with Crippen molar-refractivity contribution >= 4 is 34.0 Å². The Morgan fingerprint density at radius 2 is 2.28 bits per heavy atom. The summed E-state index contributed by atoms with van der Waals surface area (Å²) in [7, 11) is 0. The second-order valence-corrected chi connectivity index (χ2v) is 6.59. The van der Waals surface area contributed by atoms with E-state index in [0.717, 1.165) is 17.7 Å². The highest BCUT2D eigenvalue weighted by Crippen LogP contribution is 2.31. The van der Waals surface area contributed by atoms with Gasteiger partial charge >= 0.3 is 5.97 Å². The highest BCUT2D eigenvalue weighted by atomic mass is 32.1.